The Balaban J connectivity index is 2.35. The Morgan fingerprint density at radius 2 is 2.09 bits per heavy atom. The van der Waals surface area contributed by atoms with Crippen molar-refractivity contribution < 1.29 is 24.4 Å². The molecule has 1 aliphatic heterocycles. The Labute approximate surface area is 138 Å². The lowest BCUT2D eigenvalue weighted by Gasteiger charge is -2.29. The lowest BCUT2D eigenvalue weighted by Crippen LogP contribution is -2.24. The summed E-state index contributed by atoms with van der Waals surface area (Å²) >= 11 is 0. The quantitative estimate of drug-likeness (QED) is 0.392. The number of carbonyl (C=O) groups excluding carboxylic acids is 1. The minimum Gasteiger partial charge on any atom is -0.507 e. The van der Waals surface area contributed by atoms with Gasteiger partial charge in [0.25, 0.3) is 0 Å². The Hall–Kier alpha value is -1.16. The molecule has 0 saturated carbocycles. The van der Waals surface area contributed by atoms with Crippen LogP contribution in [0.15, 0.2) is 34.1 Å². The summed E-state index contributed by atoms with van der Waals surface area (Å²) in [7, 11) is -1.96. The van der Waals surface area contributed by atoms with Crippen molar-refractivity contribution in [2.24, 2.45) is 11.8 Å². The van der Waals surface area contributed by atoms with Crippen LogP contribution < -0.4 is 0 Å². The zero-order chi connectivity index (χ0) is 17.1. The van der Waals surface area contributed by atoms with Gasteiger partial charge in [0.05, 0.1) is 12.2 Å². The fourth-order valence-corrected chi connectivity index (χ4v) is 4.20. The monoisotopic (exact) mass is 340 g/mol. The molecule has 0 amide bonds. The first-order chi connectivity index (χ1) is 10.9. The Morgan fingerprint density at radius 3 is 2.65 bits per heavy atom. The molecule has 2 atom stereocenters. The summed E-state index contributed by atoms with van der Waals surface area (Å²) < 4.78 is 5.12. The van der Waals surface area contributed by atoms with Crippen LogP contribution in [0.2, 0.25) is 0 Å². The third kappa shape index (κ3) is 3.68. The van der Waals surface area contributed by atoms with E-state index in [1.807, 2.05) is 19.9 Å². The maximum absolute atomic E-state index is 11.9. The van der Waals surface area contributed by atoms with Crippen LogP contribution in [0.1, 0.15) is 40.0 Å². The number of aliphatic hydroxyl groups excluding tert-OH is 1. The fraction of sp³-hybridized carbons (Fsp3) is 0.588. The molecule has 1 saturated heterocycles. The number of aliphatic hydroxyl groups is 1. The van der Waals surface area contributed by atoms with E-state index >= 15 is 0 Å². The highest BCUT2D eigenvalue weighted by Crippen LogP contribution is 2.44. The van der Waals surface area contributed by atoms with Gasteiger partial charge in [-0.2, -0.15) is 0 Å². The van der Waals surface area contributed by atoms with E-state index < -0.39 is 14.3 Å². The second kappa shape index (κ2) is 7.61. The van der Waals surface area contributed by atoms with Crippen LogP contribution in [0, 0.1) is 11.8 Å². The Bertz CT molecular complexity index is 574. The van der Waals surface area contributed by atoms with Gasteiger partial charge in [0.1, 0.15) is 5.76 Å². The van der Waals surface area contributed by atoms with Gasteiger partial charge in [-0.25, -0.2) is 4.79 Å². The molecule has 128 valence electrons. The molecule has 1 heterocycles. The maximum Gasteiger partial charge on any atom is 0.338 e. The van der Waals surface area contributed by atoms with Crippen LogP contribution >= 0.6 is 8.38 Å². The molecule has 6 heteroatoms. The third-order valence-electron chi connectivity index (χ3n) is 4.84. The number of ether oxygens (including phenoxy) is 1. The summed E-state index contributed by atoms with van der Waals surface area (Å²) in [5.41, 5.74) is 3.29. The molecule has 23 heavy (non-hydrogen) atoms. The van der Waals surface area contributed by atoms with Gasteiger partial charge >= 0.3 is 5.97 Å². The van der Waals surface area contributed by atoms with Gasteiger partial charge in [-0.15, -0.1) is 0 Å². The van der Waals surface area contributed by atoms with Crippen molar-refractivity contribution in [3.05, 3.63) is 34.1 Å². The van der Waals surface area contributed by atoms with Crippen molar-refractivity contribution in [1.82, 2.24) is 0 Å². The van der Waals surface area contributed by atoms with E-state index in [2.05, 4.69) is 6.92 Å². The van der Waals surface area contributed by atoms with Crippen LogP contribution in [-0.4, -0.2) is 33.6 Å². The van der Waals surface area contributed by atoms with Gasteiger partial charge in [0.15, 0.2) is 8.38 Å². The second-order valence-corrected chi connectivity index (χ2v) is 7.12. The summed E-state index contributed by atoms with van der Waals surface area (Å²) in [5.74, 6) is -0.243. The zero-order valence-electron chi connectivity index (χ0n) is 13.9. The zero-order valence-corrected chi connectivity index (χ0v) is 14.8. The number of cyclic esters (lactones) is 1. The molecule has 2 aliphatic rings. The van der Waals surface area contributed by atoms with Crippen LogP contribution in [0.5, 0.6) is 0 Å². The summed E-state index contributed by atoms with van der Waals surface area (Å²) in [6.45, 7) is 6.42. The van der Waals surface area contributed by atoms with E-state index in [1.54, 1.807) is 0 Å². The van der Waals surface area contributed by atoms with E-state index in [1.165, 1.54) is 0 Å². The number of rotatable bonds is 6. The minimum atomic E-state index is -1.96. The average Bonchev–Trinajstić information content (AvgIpc) is 2.89. The number of carbonyl (C=O) groups is 1. The second-order valence-electron chi connectivity index (χ2n) is 6.06. The predicted molar refractivity (Wildman–Crippen MR) is 89.8 cm³/mol. The summed E-state index contributed by atoms with van der Waals surface area (Å²) in [4.78, 5) is 30.3. The predicted octanol–water partition coefficient (Wildman–Crippen LogP) is 3.35. The smallest absolute Gasteiger partial charge is 0.338 e. The number of fused-ring (bicyclic) bond motifs is 1. The Morgan fingerprint density at radius 1 is 1.39 bits per heavy atom. The fourth-order valence-electron chi connectivity index (χ4n) is 3.49. The average molecular weight is 340 g/mol. The molecule has 2 unspecified atom stereocenters. The van der Waals surface area contributed by atoms with Gasteiger partial charge in [0, 0.05) is 12.1 Å². The summed E-state index contributed by atoms with van der Waals surface area (Å²) in [6.07, 6.45) is 4.23. The summed E-state index contributed by atoms with van der Waals surface area (Å²) in [5, 5.41) is 10.6. The highest BCUT2D eigenvalue weighted by atomic mass is 31.2. The van der Waals surface area contributed by atoms with Crippen molar-refractivity contribution in [1.29, 1.82) is 0 Å². The van der Waals surface area contributed by atoms with Gasteiger partial charge in [-0.1, -0.05) is 38.0 Å². The van der Waals surface area contributed by atoms with Crippen molar-refractivity contribution >= 4 is 14.3 Å². The lowest BCUT2D eigenvalue weighted by molar-refractivity contribution is -0.135. The van der Waals surface area contributed by atoms with Gasteiger partial charge in [0.2, 0.25) is 0 Å². The van der Waals surface area contributed by atoms with E-state index in [0.29, 0.717) is 18.6 Å². The molecule has 5 nitrogen and oxygen atoms in total. The molecule has 0 spiro atoms. The highest BCUT2D eigenvalue weighted by Gasteiger charge is 2.42. The SMILES string of the molecule is CCC1=C(C/C=C(\CC)CP(O)O)C(O)=C2C(=O)OCC2C1C. The molecule has 3 N–H and O–H groups in total. The van der Waals surface area contributed by atoms with Crippen molar-refractivity contribution in [3.8, 4) is 0 Å². The first-order valence-electron chi connectivity index (χ1n) is 8.06. The van der Waals surface area contributed by atoms with Crippen LogP contribution in [0.3, 0.4) is 0 Å². The first kappa shape index (κ1) is 18.2. The normalized spacial score (nSPS) is 25.3. The van der Waals surface area contributed by atoms with Crippen molar-refractivity contribution in [2.45, 2.75) is 40.0 Å². The van der Waals surface area contributed by atoms with E-state index in [9.17, 15) is 19.7 Å². The molecule has 0 bridgehead atoms. The molecule has 1 fully saturated rings. The largest absolute Gasteiger partial charge is 0.507 e. The lowest BCUT2D eigenvalue weighted by atomic mass is 9.74. The highest BCUT2D eigenvalue weighted by molar-refractivity contribution is 7.45. The van der Waals surface area contributed by atoms with Crippen LogP contribution in [-0.2, 0) is 9.53 Å². The van der Waals surface area contributed by atoms with E-state index in [-0.39, 0.29) is 23.8 Å². The van der Waals surface area contributed by atoms with Gasteiger partial charge < -0.3 is 19.6 Å². The number of allylic oxidation sites excluding steroid dienone is 4. The number of esters is 1. The molecule has 1 aliphatic carbocycles. The first-order valence-corrected chi connectivity index (χ1v) is 9.49. The topological polar surface area (TPSA) is 87.0 Å². The van der Waals surface area contributed by atoms with Gasteiger partial charge in [-0.3, -0.25) is 0 Å². The molecular formula is C17H25O5P. The Kier molecular flexibility index (Phi) is 6.01. The molecular weight excluding hydrogens is 315 g/mol. The van der Waals surface area contributed by atoms with Gasteiger partial charge in [-0.05, 0) is 30.8 Å². The van der Waals surface area contributed by atoms with E-state index in [0.717, 1.165) is 29.6 Å². The summed E-state index contributed by atoms with van der Waals surface area (Å²) in [6, 6.07) is 0. The maximum atomic E-state index is 11.9. The molecule has 0 aromatic heterocycles. The molecule has 0 aromatic rings. The molecule has 0 radical (unpaired) electrons. The molecule has 0 aromatic carbocycles. The van der Waals surface area contributed by atoms with Crippen LogP contribution in [0.25, 0.3) is 0 Å². The minimum absolute atomic E-state index is 0.0569. The van der Waals surface area contributed by atoms with Crippen LogP contribution in [0.4, 0.5) is 0 Å². The van der Waals surface area contributed by atoms with Crippen molar-refractivity contribution in [2.75, 3.05) is 12.8 Å². The number of hydrogen-bond acceptors (Lipinski definition) is 5. The standard InChI is InChI=1S/C17H25O5P/c1-4-11(9-23(20)21)6-7-13-12(5-2)10(3)14-8-22-17(19)15(14)16(13)18/h6,10,14,18,20-21H,4-5,7-9H2,1-3H3/b11-6+. The van der Waals surface area contributed by atoms with Crippen molar-refractivity contribution in [3.63, 3.8) is 0 Å². The third-order valence-corrected chi connectivity index (χ3v) is 5.53. The number of hydrogen-bond donors (Lipinski definition) is 3. The van der Waals surface area contributed by atoms with E-state index in [4.69, 9.17) is 4.74 Å². The molecule has 2 rings (SSSR count).